The lowest BCUT2D eigenvalue weighted by molar-refractivity contribution is 0.461. The van der Waals surface area contributed by atoms with Gasteiger partial charge in [-0.3, -0.25) is 0 Å². The van der Waals surface area contributed by atoms with E-state index in [1.807, 2.05) is 42.5 Å². The van der Waals surface area contributed by atoms with Crippen LogP contribution in [0.25, 0.3) is 10.8 Å². The van der Waals surface area contributed by atoms with Gasteiger partial charge in [0.25, 0.3) is 0 Å². The number of hydrogen-bond acceptors (Lipinski definition) is 4. The van der Waals surface area contributed by atoms with Crippen LogP contribution in [0.1, 0.15) is 0 Å². The van der Waals surface area contributed by atoms with Crippen molar-refractivity contribution >= 4 is 22.1 Å². The predicted molar refractivity (Wildman–Crippen MR) is 77.9 cm³/mol. The quantitative estimate of drug-likeness (QED) is 0.522. The minimum Gasteiger partial charge on any atom is -0.508 e. The Bertz CT molecular complexity index is 792. The number of azo groups is 1. The van der Waals surface area contributed by atoms with Gasteiger partial charge in [-0.1, -0.05) is 36.4 Å². The van der Waals surface area contributed by atoms with E-state index in [-0.39, 0.29) is 17.2 Å². The molecule has 0 unspecified atom stereocenters. The summed E-state index contributed by atoms with van der Waals surface area (Å²) >= 11 is 0. The number of phenols is 2. The zero-order chi connectivity index (χ0) is 13.9. The standard InChI is InChI=1S/C16H12N2O2/c19-12-8-9-16(20)15(10-12)18-17-14-7-3-5-11-4-1-2-6-13(11)14/h1-10,19-20H/b18-17+. The highest BCUT2D eigenvalue weighted by molar-refractivity contribution is 5.92. The van der Waals surface area contributed by atoms with Crippen molar-refractivity contribution in [3.05, 3.63) is 60.7 Å². The van der Waals surface area contributed by atoms with Crippen LogP contribution in [0, 0.1) is 0 Å². The lowest BCUT2D eigenvalue weighted by atomic mass is 10.1. The average Bonchev–Trinajstić information content (AvgIpc) is 2.48. The van der Waals surface area contributed by atoms with Crippen LogP contribution < -0.4 is 0 Å². The molecule has 3 rings (SSSR count). The molecule has 0 aliphatic carbocycles. The summed E-state index contributed by atoms with van der Waals surface area (Å²) in [5.41, 5.74) is 0.948. The number of hydrogen-bond donors (Lipinski definition) is 2. The van der Waals surface area contributed by atoms with Gasteiger partial charge in [-0.05, 0) is 23.6 Å². The zero-order valence-corrected chi connectivity index (χ0v) is 10.6. The van der Waals surface area contributed by atoms with E-state index >= 15 is 0 Å². The minimum absolute atomic E-state index is 0.0215. The van der Waals surface area contributed by atoms with Gasteiger partial charge in [0.15, 0.2) is 0 Å². The molecular weight excluding hydrogens is 252 g/mol. The third-order valence-corrected chi connectivity index (χ3v) is 2.99. The smallest absolute Gasteiger partial charge is 0.143 e. The van der Waals surface area contributed by atoms with Crippen LogP contribution in [-0.4, -0.2) is 10.2 Å². The maximum atomic E-state index is 9.66. The average molecular weight is 264 g/mol. The lowest BCUT2D eigenvalue weighted by Crippen LogP contribution is -1.73. The molecule has 0 aliphatic rings. The Morgan fingerprint density at radius 2 is 1.45 bits per heavy atom. The molecule has 0 aliphatic heterocycles. The summed E-state index contributed by atoms with van der Waals surface area (Å²) in [4.78, 5) is 0. The second-order valence-electron chi connectivity index (χ2n) is 4.37. The van der Waals surface area contributed by atoms with Gasteiger partial charge >= 0.3 is 0 Å². The summed E-state index contributed by atoms with van der Waals surface area (Å²) in [6.45, 7) is 0. The normalized spacial score (nSPS) is 11.2. The zero-order valence-electron chi connectivity index (χ0n) is 10.6. The summed E-state index contributed by atoms with van der Waals surface area (Å²) in [5.74, 6) is 0.0152. The lowest BCUT2D eigenvalue weighted by Gasteiger charge is -2.01. The molecule has 3 aromatic rings. The van der Waals surface area contributed by atoms with Crippen molar-refractivity contribution in [2.24, 2.45) is 10.2 Å². The fourth-order valence-electron chi connectivity index (χ4n) is 2.00. The number of benzene rings is 3. The highest BCUT2D eigenvalue weighted by Crippen LogP contribution is 2.33. The molecule has 0 aromatic heterocycles. The van der Waals surface area contributed by atoms with Gasteiger partial charge in [0.2, 0.25) is 0 Å². The van der Waals surface area contributed by atoms with Crippen LogP contribution in [0.15, 0.2) is 70.9 Å². The number of rotatable bonds is 2. The van der Waals surface area contributed by atoms with Gasteiger partial charge in [-0.25, -0.2) is 0 Å². The molecule has 98 valence electrons. The van der Waals surface area contributed by atoms with Crippen LogP contribution in [0.2, 0.25) is 0 Å². The first-order valence-corrected chi connectivity index (χ1v) is 6.15. The molecule has 0 atom stereocenters. The SMILES string of the molecule is Oc1ccc(O)c(/N=N/c2cccc3ccccc23)c1. The van der Waals surface area contributed by atoms with Gasteiger partial charge in [-0.2, -0.15) is 0 Å². The molecule has 0 amide bonds. The molecule has 0 bridgehead atoms. The molecule has 0 radical (unpaired) electrons. The first-order chi connectivity index (χ1) is 9.74. The van der Waals surface area contributed by atoms with E-state index in [1.165, 1.54) is 18.2 Å². The molecule has 3 aromatic carbocycles. The van der Waals surface area contributed by atoms with E-state index in [0.29, 0.717) is 5.69 Å². The van der Waals surface area contributed by atoms with Crippen LogP contribution in [0.5, 0.6) is 11.5 Å². The van der Waals surface area contributed by atoms with Crippen molar-refractivity contribution in [2.75, 3.05) is 0 Å². The van der Waals surface area contributed by atoms with E-state index in [0.717, 1.165) is 10.8 Å². The first kappa shape index (κ1) is 12.2. The highest BCUT2D eigenvalue weighted by atomic mass is 16.3. The Morgan fingerprint density at radius 1 is 0.700 bits per heavy atom. The predicted octanol–water partition coefficient (Wildman–Crippen LogP) is 4.67. The third-order valence-electron chi connectivity index (χ3n) is 2.99. The third kappa shape index (κ3) is 2.31. The summed E-state index contributed by atoms with van der Waals surface area (Å²) in [6.07, 6.45) is 0. The van der Waals surface area contributed by atoms with E-state index in [1.54, 1.807) is 0 Å². The summed E-state index contributed by atoms with van der Waals surface area (Å²) in [7, 11) is 0. The molecular formula is C16H12N2O2. The molecule has 0 spiro atoms. The fourth-order valence-corrected chi connectivity index (χ4v) is 2.00. The summed E-state index contributed by atoms with van der Waals surface area (Å²) < 4.78 is 0. The second-order valence-corrected chi connectivity index (χ2v) is 4.37. The number of phenolic OH excluding ortho intramolecular Hbond substituents is 2. The van der Waals surface area contributed by atoms with Gasteiger partial charge in [-0.15, -0.1) is 10.2 Å². The van der Waals surface area contributed by atoms with Crippen molar-refractivity contribution < 1.29 is 10.2 Å². The Morgan fingerprint density at radius 3 is 2.35 bits per heavy atom. The van der Waals surface area contributed by atoms with Crippen LogP contribution in [0.3, 0.4) is 0 Å². The van der Waals surface area contributed by atoms with Crippen LogP contribution in [0.4, 0.5) is 11.4 Å². The molecule has 4 nitrogen and oxygen atoms in total. The summed E-state index contributed by atoms with van der Waals surface area (Å²) in [6, 6.07) is 17.8. The maximum absolute atomic E-state index is 9.66. The molecule has 0 heterocycles. The topological polar surface area (TPSA) is 65.2 Å². The maximum Gasteiger partial charge on any atom is 0.143 e. The van der Waals surface area contributed by atoms with Crippen molar-refractivity contribution in [3.63, 3.8) is 0 Å². The van der Waals surface area contributed by atoms with Crippen LogP contribution >= 0.6 is 0 Å². The fraction of sp³-hybridized carbons (Fsp3) is 0. The molecule has 0 saturated heterocycles. The van der Waals surface area contributed by atoms with E-state index in [9.17, 15) is 10.2 Å². The van der Waals surface area contributed by atoms with Gasteiger partial charge in [0.1, 0.15) is 17.2 Å². The Kier molecular flexibility index (Phi) is 3.05. The number of aromatic hydroxyl groups is 2. The van der Waals surface area contributed by atoms with E-state index in [2.05, 4.69) is 10.2 Å². The first-order valence-electron chi connectivity index (χ1n) is 6.15. The van der Waals surface area contributed by atoms with E-state index < -0.39 is 0 Å². The second kappa shape index (κ2) is 5.01. The number of nitrogens with zero attached hydrogens (tertiary/aromatic N) is 2. The minimum atomic E-state index is -0.0215. The molecule has 0 saturated carbocycles. The largest absolute Gasteiger partial charge is 0.508 e. The van der Waals surface area contributed by atoms with Gasteiger partial charge in [0, 0.05) is 11.5 Å². The molecule has 2 N–H and O–H groups in total. The highest BCUT2D eigenvalue weighted by Gasteiger charge is 2.02. The van der Waals surface area contributed by atoms with Gasteiger partial charge in [0.05, 0.1) is 5.69 Å². The van der Waals surface area contributed by atoms with Crippen molar-refractivity contribution in [3.8, 4) is 11.5 Å². The van der Waals surface area contributed by atoms with Gasteiger partial charge < -0.3 is 10.2 Å². The van der Waals surface area contributed by atoms with Crippen molar-refractivity contribution in [1.82, 2.24) is 0 Å². The molecule has 20 heavy (non-hydrogen) atoms. The van der Waals surface area contributed by atoms with E-state index in [4.69, 9.17) is 0 Å². The Labute approximate surface area is 115 Å². The number of fused-ring (bicyclic) bond motifs is 1. The van der Waals surface area contributed by atoms with Crippen LogP contribution in [-0.2, 0) is 0 Å². The van der Waals surface area contributed by atoms with Crippen molar-refractivity contribution in [2.45, 2.75) is 0 Å². The van der Waals surface area contributed by atoms with Crippen molar-refractivity contribution in [1.29, 1.82) is 0 Å². The Hall–Kier alpha value is -2.88. The summed E-state index contributed by atoms with van der Waals surface area (Å²) in [5, 5.41) is 29.3. The Balaban J connectivity index is 2.05. The molecule has 0 fully saturated rings. The molecule has 4 heteroatoms. The monoisotopic (exact) mass is 264 g/mol.